The average molecular weight is 493 g/mol. The van der Waals surface area contributed by atoms with E-state index in [2.05, 4.69) is 36.1 Å². The van der Waals surface area contributed by atoms with E-state index in [9.17, 15) is 18.0 Å². The molecule has 3 rings (SSSR count). The molecule has 0 atom stereocenters. The Hall–Kier alpha value is -2.13. The van der Waals surface area contributed by atoms with E-state index in [1.54, 1.807) is 17.0 Å². The first kappa shape index (κ1) is 26.5. The van der Waals surface area contributed by atoms with Crippen LogP contribution in [0.25, 0.3) is 0 Å². The number of sulfonamides is 1. The van der Waals surface area contributed by atoms with Gasteiger partial charge in [-0.05, 0) is 48.8 Å². The molecule has 2 aliphatic rings. The third kappa shape index (κ3) is 7.70. The smallest absolute Gasteiger partial charge is 0.315 e. The molecule has 2 fully saturated rings. The summed E-state index contributed by atoms with van der Waals surface area (Å²) in [6, 6.07) is 7.08. The molecule has 0 bridgehead atoms. The molecule has 3 amide bonds. The highest BCUT2D eigenvalue weighted by Crippen LogP contribution is 2.23. The van der Waals surface area contributed by atoms with E-state index >= 15 is 0 Å². The normalized spacial score (nSPS) is 18.5. The van der Waals surface area contributed by atoms with Crippen LogP contribution in [0.3, 0.4) is 0 Å². The summed E-state index contributed by atoms with van der Waals surface area (Å²) in [6.07, 6.45) is 7.21. The number of rotatable bonds is 7. The molecule has 1 aliphatic heterocycles. The Morgan fingerprint density at radius 3 is 2.03 bits per heavy atom. The molecule has 0 unspecified atom stereocenters. The van der Waals surface area contributed by atoms with Crippen molar-refractivity contribution in [3.05, 3.63) is 29.8 Å². The fraction of sp³-hybridized carbons (Fsp3) is 0.680. The van der Waals surface area contributed by atoms with Crippen LogP contribution < -0.4 is 15.4 Å². The second kappa shape index (κ2) is 11.5. The standard InChI is InChI=1S/C25H40N4O4S/c1-25(2,3)19-9-11-22(12-10-19)34(32,33)26-16-13-23(30)29-17-14-21(15-18-29)28-24(31)27-20-7-5-4-6-8-20/h9-12,20-21,26H,4-8,13-18H2,1-3H3,(H2,27,28,31). The first-order valence-corrected chi connectivity index (χ1v) is 14.0. The minimum Gasteiger partial charge on any atom is -0.343 e. The van der Waals surface area contributed by atoms with Gasteiger partial charge >= 0.3 is 6.03 Å². The molecule has 3 N–H and O–H groups in total. The van der Waals surface area contributed by atoms with Crippen molar-refractivity contribution in [2.45, 2.75) is 94.5 Å². The average Bonchev–Trinajstić information content (AvgIpc) is 2.79. The predicted molar refractivity (Wildman–Crippen MR) is 133 cm³/mol. The SMILES string of the molecule is CC(C)(C)c1ccc(S(=O)(=O)NCCC(=O)N2CCC(NC(=O)NC3CCCCC3)CC2)cc1. The van der Waals surface area contributed by atoms with E-state index in [0.29, 0.717) is 25.9 Å². The Bertz CT molecular complexity index is 927. The van der Waals surface area contributed by atoms with E-state index in [1.165, 1.54) is 19.3 Å². The van der Waals surface area contributed by atoms with Crippen molar-refractivity contribution >= 4 is 22.0 Å². The van der Waals surface area contributed by atoms with Crippen molar-refractivity contribution in [3.63, 3.8) is 0 Å². The summed E-state index contributed by atoms with van der Waals surface area (Å²) in [6.45, 7) is 7.41. The summed E-state index contributed by atoms with van der Waals surface area (Å²) >= 11 is 0. The summed E-state index contributed by atoms with van der Waals surface area (Å²) in [4.78, 5) is 26.8. The molecule has 190 valence electrons. The Kier molecular flexibility index (Phi) is 8.98. The van der Waals surface area contributed by atoms with Gasteiger partial charge in [0.15, 0.2) is 0 Å². The molecule has 8 nitrogen and oxygen atoms in total. The van der Waals surface area contributed by atoms with Crippen LogP contribution in [0.4, 0.5) is 4.79 Å². The van der Waals surface area contributed by atoms with E-state index in [1.807, 2.05) is 12.1 Å². The Morgan fingerprint density at radius 1 is 0.912 bits per heavy atom. The van der Waals surface area contributed by atoms with Crippen LogP contribution in [0.2, 0.25) is 0 Å². The van der Waals surface area contributed by atoms with Crippen LogP contribution in [0.15, 0.2) is 29.2 Å². The zero-order valence-corrected chi connectivity index (χ0v) is 21.5. The maximum Gasteiger partial charge on any atom is 0.315 e. The summed E-state index contributed by atoms with van der Waals surface area (Å²) in [5.74, 6) is -0.0733. The lowest BCUT2D eigenvalue weighted by Crippen LogP contribution is -2.51. The van der Waals surface area contributed by atoms with E-state index in [-0.39, 0.29) is 47.3 Å². The lowest BCUT2D eigenvalue weighted by Gasteiger charge is -2.33. The zero-order chi connectivity index (χ0) is 24.8. The van der Waals surface area contributed by atoms with Gasteiger partial charge in [0.1, 0.15) is 0 Å². The molecule has 0 spiro atoms. The molecule has 1 aromatic carbocycles. The van der Waals surface area contributed by atoms with E-state index in [4.69, 9.17) is 0 Å². The first-order valence-electron chi connectivity index (χ1n) is 12.5. The molecule has 1 saturated heterocycles. The molecule has 1 aliphatic carbocycles. The van der Waals surface area contributed by atoms with E-state index < -0.39 is 10.0 Å². The number of urea groups is 1. The quantitative estimate of drug-likeness (QED) is 0.543. The first-order chi connectivity index (χ1) is 16.0. The van der Waals surface area contributed by atoms with Crippen LogP contribution in [-0.4, -0.2) is 57.0 Å². The van der Waals surface area contributed by atoms with Crippen molar-refractivity contribution in [3.8, 4) is 0 Å². The van der Waals surface area contributed by atoms with Crippen LogP contribution in [0.5, 0.6) is 0 Å². The molecule has 1 aromatic rings. The number of benzene rings is 1. The van der Waals surface area contributed by atoms with Crippen LogP contribution in [-0.2, 0) is 20.2 Å². The van der Waals surface area contributed by atoms with Crippen LogP contribution in [0.1, 0.15) is 77.7 Å². The number of carbonyl (C=O) groups is 2. The molecule has 34 heavy (non-hydrogen) atoms. The van der Waals surface area contributed by atoms with Crippen molar-refractivity contribution in [2.24, 2.45) is 0 Å². The highest BCUT2D eigenvalue weighted by Gasteiger charge is 2.25. The van der Waals surface area contributed by atoms with Crippen LogP contribution >= 0.6 is 0 Å². The molecule has 0 radical (unpaired) electrons. The van der Waals surface area contributed by atoms with Gasteiger partial charge in [0, 0.05) is 38.1 Å². The lowest BCUT2D eigenvalue weighted by atomic mass is 9.87. The maximum atomic E-state index is 12.6. The van der Waals surface area contributed by atoms with Crippen molar-refractivity contribution < 1.29 is 18.0 Å². The lowest BCUT2D eigenvalue weighted by molar-refractivity contribution is -0.132. The van der Waals surface area contributed by atoms with E-state index in [0.717, 1.165) is 18.4 Å². The molecule has 9 heteroatoms. The van der Waals surface area contributed by atoms with Gasteiger partial charge in [-0.25, -0.2) is 17.9 Å². The third-order valence-corrected chi connectivity index (χ3v) is 8.26. The fourth-order valence-electron chi connectivity index (χ4n) is 4.60. The number of hydrogen-bond donors (Lipinski definition) is 3. The summed E-state index contributed by atoms with van der Waals surface area (Å²) in [7, 11) is -3.66. The molecular weight excluding hydrogens is 452 g/mol. The largest absolute Gasteiger partial charge is 0.343 e. The highest BCUT2D eigenvalue weighted by molar-refractivity contribution is 7.89. The van der Waals surface area contributed by atoms with Gasteiger partial charge < -0.3 is 15.5 Å². The zero-order valence-electron chi connectivity index (χ0n) is 20.7. The minimum atomic E-state index is -3.66. The Labute approximate surface area is 204 Å². The van der Waals surface area contributed by atoms with Crippen molar-refractivity contribution in [1.29, 1.82) is 0 Å². The monoisotopic (exact) mass is 492 g/mol. The second-order valence-electron chi connectivity index (χ2n) is 10.5. The maximum absolute atomic E-state index is 12.6. The Morgan fingerprint density at radius 2 is 1.47 bits per heavy atom. The van der Waals surface area contributed by atoms with Gasteiger partial charge in [-0.2, -0.15) is 0 Å². The van der Waals surface area contributed by atoms with Gasteiger partial charge in [0.2, 0.25) is 15.9 Å². The summed E-state index contributed by atoms with van der Waals surface area (Å²) in [5, 5.41) is 6.11. The van der Waals surface area contributed by atoms with Crippen LogP contribution in [0, 0.1) is 0 Å². The second-order valence-corrected chi connectivity index (χ2v) is 12.3. The minimum absolute atomic E-state index is 0.0513. The topological polar surface area (TPSA) is 108 Å². The number of carbonyl (C=O) groups excluding carboxylic acids is 2. The van der Waals surface area contributed by atoms with Gasteiger partial charge in [-0.15, -0.1) is 0 Å². The number of amides is 3. The number of hydrogen-bond acceptors (Lipinski definition) is 4. The highest BCUT2D eigenvalue weighted by atomic mass is 32.2. The third-order valence-electron chi connectivity index (χ3n) is 6.78. The molecule has 1 saturated carbocycles. The molecule has 1 heterocycles. The van der Waals surface area contributed by atoms with Gasteiger partial charge in [0.25, 0.3) is 0 Å². The molecular formula is C25H40N4O4S. The Balaban J connectivity index is 1.37. The summed E-state index contributed by atoms with van der Waals surface area (Å²) < 4.78 is 27.7. The summed E-state index contributed by atoms with van der Waals surface area (Å²) in [5.41, 5.74) is 1.01. The van der Waals surface area contributed by atoms with Gasteiger partial charge in [-0.1, -0.05) is 52.2 Å². The number of likely N-dealkylation sites (tertiary alicyclic amines) is 1. The van der Waals surface area contributed by atoms with Gasteiger partial charge in [0.05, 0.1) is 4.90 Å². The predicted octanol–water partition coefficient (Wildman–Crippen LogP) is 3.28. The number of nitrogens with one attached hydrogen (secondary N) is 3. The van der Waals surface area contributed by atoms with Crippen molar-refractivity contribution in [1.82, 2.24) is 20.3 Å². The molecule has 0 aromatic heterocycles. The van der Waals surface area contributed by atoms with Crippen molar-refractivity contribution in [2.75, 3.05) is 19.6 Å². The van der Waals surface area contributed by atoms with Gasteiger partial charge in [-0.3, -0.25) is 4.79 Å². The fourth-order valence-corrected chi connectivity index (χ4v) is 5.63. The number of nitrogens with zero attached hydrogens (tertiary/aromatic N) is 1. The number of piperidine rings is 1.